The molecule has 1 heterocycles. The Morgan fingerprint density at radius 1 is 1.20 bits per heavy atom. The molecular weight excluding hydrogens is 295 g/mol. The van der Waals surface area contributed by atoms with Crippen molar-refractivity contribution in [2.45, 2.75) is 5.88 Å². The average Bonchev–Trinajstić information content (AvgIpc) is 2.85. The van der Waals surface area contributed by atoms with E-state index < -0.39 is 0 Å². The minimum atomic E-state index is 0.332. The van der Waals surface area contributed by atoms with Crippen LogP contribution in [0.2, 0.25) is 5.02 Å². The minimum absolute atomic E-state index is 0.332. The Labute approximate surface area is 126 Å². The van der Waals surface area contributed by atoms with Gasteiger partial charge in [0, 0.05) is 5.69 Å². The summed E-state index contributed by atoms with van der Waals surface area (Å²) in [5.74, 6) is 1.76. The predicted molar refractivity (Wildman–Crippen MR) is 82.2 cm³/mol. The number of aromatic nitrogens is 2. The van der Waals surface area contributed by atoms with Gasteiger partial charge in [-0.05, 0) is 30.3 Å². The van der Waals surface area contributed by atoms with Crippen LogP contribution in [-0.4, -0.2) is 16.7 Å². The molecule has 5 heteroatoms. The quantitative estimate of drug-likeness (QED) is 0.669. The van der Waals surface area contributed by atoms with E-state index >= 15 is 0 Å². The Morgan fingerprint density at radius 2 is 2.00 bits per heavy atom. The molecule has 0 aliphatic rings. The van der Waals surface area contributed by atoms with E-state index in [1.165, 1.54) is 0 Å². The van der Waals surface area contributed by atoms with Crippen LogP contribution in [0.3, 0.4) is 0 Å². The third kappa shape index (κ3) is 2.13. The van der Waals surface area contributed by atoms with Crippen LogP contribution in [0.4, 0.5) is 0 Å². The lowest BCUT2D eigenvalue weighted by molar-refractivity contribution is 0.415. The van der Waals surface area contributed by atoms with Crippen molar-refractivity contribution in [2.75, 3.05) is 7.11 Å². The van der Waals surface area contributed by atoms with Gasteiger partial charge in [-0.3, -0.25) is 4.57 Å². The number of halogens is 2. The molecule has 0 radical (unpaired) electrons. The lowest BCUT2D eigenvalue weighted by atomic mass is 10.2. The highest BCUT2D eigenvalue weighted by molar-refractivity contribution is 6.32. The van der Waals surface area contributed by atoms with E-state index in [9.17, 15) is 0 Å². The van der Waals surface area contributed by atoms with Crippen molar-refractivity contribution in [3.8, 4) is 11.4 Å². The molecule has 3 nitrogen and oxygen atoms in total. The van der Waals surface area contributed by atoms with Crippen molar-refractivity contribution in [1.29, 1.82) is 0 Å². The molecule has 0 aliphatic heterocycles. The molecule has 0 amide bonds. The third-order valence-corrected chi connectivity index (χ3v) is 3.68. The molecule has 0 aliphatic carbocycles. The molecule has 0 saturated carbocycles. The fourth-order valence-corrected chi connectivity index (χ4v) is 2.68. The van der Waals surface area contributed by atoms with Gasteiger partial charge in [0.15, 0.2) is 0 Å². The Balaban J connectivity index is 2.25. The first-order valence-electron chi connectivity index (χ1n) is 6.11. The van der Waals surface area contributed by atoms with Crippen LogP contribution in [0, 0.1) is 0 Å². The molecule has 0 fully saturated rings. The molecule has 0 unspecified atom stereocenters. The summed E-state index contributed by atoms with van der Waals surface area (Å²) in [6.07, 6.45) is 0. The largest absolute Gasteiger partial charge is 0.495 e. The number of hydrogen-bond donors (Lipinski definition) is 0. The van der Waals surface area contributed by atoms with Gasteiger partial charge in [-0.2, -0.15) is 0 Å². The van der Waals surface area contributed by atoms with Crippen molar-refractivity contribution in [1.82, 2.24) is 9.55 Å². The van der Waals surface area contributed by atoms with Crippen LogP contribution in [0.1, 0.15) is 5.82 Å². The summed E-state index contributed by atoms with van der Waals surface area (Å²) in [4.78, 5) is 4.54. The van der Waals surface area contributed by atoms with Gasteiger partial charge in [-0.1, -0.05) is 23.7 Å². The Kier molecular flexibility index (Phi) is 3.55. The molecule has 20 heavy (non-hydrogen) atoms. The van der Waals surface area contributed by atoms with Gasteiger partial charge in [0.05, 0.1) is 29.0 Å². The molecule has 102 valence electrons. The molecule has 2 aromatic carbocycles. The topological polar surface area (TPSA) is 27.1 Å². The van der Waals surface area contributed by atoms with Crippen molar-refractivity contribution in [3.63, 3.8) is 0 Å². The second-order valence-electron chi connectivity index (χ2n) is 4.30. The average molecular weight is 307 g/mol. The number of methoxy groups -OCH3 is 1. The van der Waals surface area contributed by atoms with Gasteiger partial charge in [0.2, 0.25) is 0 Å². The lowest BCUT2D eigenvalue weighted by Crippen LogP contribution is -1.99. The van der Waals surface area contributed by atoms with Gasteiger partial charge in [0.1, 0.15) is 11.6 Å². The van der Waals surface area contributed by atoms with Crippen LogP contribution < -0.4 is 4.74 Å². The number of benzene rings is 2. The molecule has 0 saturated heterocycles. The fourth-order valence-electron chi connectivity index (χ4n) is 2.25. The predicted octanol–water partition coefficient (Wildman–Crippen LogP) is 4.43. The first-order valence-corrected chi connectivity index (χ1v) is 7.02. The van der Waals surface area contributed by atoms with E-state index in [0.29, 0.717) is 16.7 Å². The van der Waals surface area contributed by atoms with Gasteiger partial charge < -0.3 is 4.74 Å². The van der Waals surface area contributed by atoms with E-state index in [2.05, 4.69) is 4.98 Å². The highest BCUT2D eigenvalue weighted by Gasteiger charge is 2.12. The Bertz CT molecular complexity index is 768. The lowest BCUT2D eigenvalue weighted by Gasteiger charge is -2.10. The number of fused-ring (bicyclic) bond motifs is 1. The summed E-state index contributed by atoms with van der Waals surface area (Å²) in [6.45, 7) is 0. The first kappa shape index (κ1) is 13.3. The monoisotopic (exact) mass is 306 g/mol. The highest BCUT2D eigenvalue weighted by atomic mass is 35.5. The number of nitrogens with zero attached hydrogens (tertiary/aromatic N) is 2. The maximum atomic E-state index is 6.20. The van der Waals surface area contributed by atoms with Crippen molar-refractivity contribution in [2.24, 2.45) is 0 Å². The SMILES string of the molecule is COc1ccc(-n2c(CCl)nc3ccccc32)cc1Cl. The molecular formula is C15H12Cl2N2O. The summed E-state index contributed by atoms with van der Waals surface area (Å²) in [7, 11) is 1.59. The van der Waals surface area contributed by atoms with Crippen LogP contribution >= 0.6 is 23.2 Å². The number of hydrogen-bond acceptors (Lipinski definition) is 2. The van der Waals surface area contributed by atoms with Crippen molar-refractivity contribution >= 4 is 34.2 Å². The van der Waals surface area contributed by atoms with Crippen LogP contribution in [0.5, 0.6) is 5.75 Å². The van der Waals surface area contributed by atoms with Crippen molar-refractivity contribution < 1.29 is 4.74 Å². The first-order chi connectivity index (χ1) is 9.74. The Hall–Kier alpha value is -1.71. The third-order valence-electron chi connectivity index (χ3n) is 3.14. The van der Waals surface area contributed by atoms with E-state index in [0.717, 1.165) is 22.5 Å². The smallest absolute Gasteiger partial charge is 0.137 e. The standard InChI is InChI=1S/C15H12Cl2N2O/c1-20-14-7-6-10(8-11(14)17)19-13-5-3-2-4-12(13)18-15(19)9-16/h2-8H,9H2,1H3. The number of para-hydroxylation sites is 2. The maximum Gasteiger partial charge on any atom is 0.137 e. The van der Waals surface area contributed by atoms with Gasteiger partial charge in [-0.25, -0.2) is 4.98 Å². The van der Waals surface area contributed by atoms with Gasteiger partial charge >= 0.3 is 0 Å². The Morgan fingerprint density at radius 3 is 2.70 bits per heavy atom. The fraction of sp³-hybridized carbons (Fsp3) is 0.133. The zero-order valence-corrected chi connectivity index (χ0v) is 12.3. The molecule has 0 bridgehead atoms. The summed E-state index contributed by atoms with van der Waals surface area (Å²) in [5.41, 5.74) is 2.83. The number of imidazole rings is 1. The summed E-state index contributed by atoms with van der Waals surface area (Å²) in [5, 5.41) is 0.559. The number of ether oxygens (including phenoxy) is 1. The van der Waals surface area contributed by atoms with E-state index in [1.807, 2.05) is 47.0 Å². The second kappa shape index (κ2) is 5.35. The normalized spacial score (nSPS) is 10.9. The minimum Gasteiger partial charge on any atom is -0.495 e. The molecule has 0 N–H and O–H groups in total. The summed E-state index contributed by atoms with van der Waals surface area (Å²) in [6, 6.07) is 13.5. The number of rotatable bonds is 3. The highest BCUT2D eigenvalue weighted by Crippen LogP contribution is 2.29. The van der Waals surface area contributed by atoms with Gasteiger partial charge in [0.25, 0.3) is 0 Å². The zero-order chi connectivity index (χ0) is 14.1. The maximum absolute atomic E-state index is 6.20. The summed E-state index contributed by atoms with van der Waals surface area (Å²) >= 11 is 12.2. The van der Waals surface area contributed by atoms with E-state index in [1.54, 1.807) is 7.11 Å². The van der Waals surface area contributed by atoms with Crippen LogP contribution in [-0.2, 0) is 5.88 Å². The molecule has 3 aromatic rings. The van der Waals surface area contributed by atoms with Crippen molar-refractivity contribution in [3.05, 3.63) is 53.3 Å². The van der Waals surface area contributed by atoms with Crippen LogP contribution in [0.25, 0.3) is 16.7 Å². The van der Waals surface area contributed by atoms with Gasteiger partial charge in [-0.15, -0.1) is 11.6 Å². The molecule has 0 spiro atoms. The van der Waals surface area contributed by atoms with E-state index in [4.69, 9.17) is 27.9 Å². The number of alkyl halides is 1. The molecule has 3 rings (SSSR count). The van der Waals surface area contributed by atoms with Crippen LogP contribution in [0.15, 0.2) is 42.5 Å². The molecule has 0 atom stereocenters. The second-order valence-corrected chi connectivity index (χ2v) is 4.98. The summed E-state index contributed by atoms with van der Waals surface area (Å²) < 4.78 is 7.19. The molecule has 1 aromatic heterocycles. The van der Waals surface area contributed by atoms with E-state index in [-0.39, 0.29) is 0 Å². The zero-order valence-electron chi connectivity index (χ0n) is 10.8.